The third kappa shape index (κ3) is 2.51. The number of anilines is 2. The molecule has 1 heterocycles. The Morgan fingerprint density at radius 2 is 2.21 bits per heavy atom. The van der Waals surface area contributed by atoms with Crippen LogP contribution in [0.4, 0.5) is 11.4 Å². The minimum absolute atomic E-state index is 0.137. The van der Waals surface area contributed by atoms with Crippen molar-refractivity contribution in [3.8, 4) is 0 Å². The van der Waals surface area contributed by atoms with Crippen molar-refractivity contribution in [3.63, 3.8) is 0 Å². The van der Waals surface area contributed by atoms with Crippen LogP contribution < -0.4 is 10.6 Å². The fourth-order valence-electron chi connectivity index (χ4n) is 2.19. The summed E-state index contributed by atoms with van der Waals surface area (Å²) in [5, 5.41) is 0.540. The molecule has 0 radical (unpaired) electrons. The molecule has 102 valence electrons. The van der Waals surface area contributed by atoms with E-state index in [2.05, 4.69) is 4.74 Å². The predicted molar refractivity (Wildman–Crippen MR) is 73.1 cm³/mol. The lowest BCUT2D eigenvalue weighted by Gasteiger charge is -2.19. The molecule has 1 aliphatic heterocycles. The first-order valence-electron chi connectivity index (χ1n) is 5.88. The molecule has 1 amide bonds. The lowest BCUT2D eigenvalue weighted by atomic mass is 10.1. The summed E-state index contributed by atoms with van der Waals surface area (Å²) < 4.78 is 4.66. The van der Waals surface area contributed by atoms with Crippen LogP contribution in [0.2, 0.25) is 5.02 Å². The first kappa shape index (κ1) is 13.7. The van der Waals surface area contributed by atoms with Crippen LogP contribution in [0.25, 0.3) is 0 Å². The molecule has 1 atom stereocenters. The minimum Gasteiger partial charge on any atom is -0.469 e. The average molecular weight is 283 g/mol. The van der Waals surface area contributed by atoms with Crippen LogP contribution in [0.3, 0.4) is 0 Å². The molecule has 19 heavy (non-hydrogen) atoms. The van der Waals surface area contributed by atoms with Crippen LogP contribution in [0.5, 0.6) is 0 Å². The van der Waals surface area contributed by atoms with Gasteiger partial charge >= 0.3 is 5.97 Å². The van der Waals surface area contributed by atoms with Crippen LogP contribution in [0.15, 0.2) is 12.1 Å². The number of carbonyl (C=O) groups is 2. The lowest BCUT2D eigenvalue weighted by molar-refractivity contribution is -0.145. The van der Waals surface area contributed by atoms with Crippen molar-refractivity contribution in [3.05, 3.63) is 22.7 Å². The number of aryl methyl sites for hydroxylation is 1. The molecule has 1 unspecified atom stereocenters. The van der Waals surface area contributed by atoms with Gasteiger partial charge in [-0.05, 0) is 24.6 Å². The zero-order chi connectivity index (χ0) is 14.2. The van der Waals surface area contributed by atoms with Crippen molar-refractivity contribution in [1.82, 2.24) is 0 Å². The van der Waals surface area contributed by atoms with Gasteiger partial charge in [0, 0.05) is 18.0 Å². The summed E-state index contributed by atoms with van der Waals surface area (Å²) in [6, 6.07) is 3.38. The van der Waals surface area contributed by atoms with Crippen molar-refractivity contribution in [1.29, 1.82) is 0 Å². The van der Waals surface area contributed by atoms with Crippen molar-refractivity contribution in [2.24, 2.45) is 5.92 Å². The zero-order valence-corrected chi connectivity index (χ0v) is 11.5. The van der Waals surface area contributed by atoms with E-state index in [1.807, 2.05) is 6.92 Å². The van der Waals surface area contributed by atoms with E-state index in [1.165, 1.54) is 12.0 Å². The minimum atomic E-state index is -0.447. The fraction of sp³-hybridized carbons (Fsp3) is 0.385. The normalized spacial score (nSPS) is 18.8. The Morgan fingerprint density at radius 1 is 1.53 bits per heavy atom. The van der Waals surface area contributed by atoms with Gasteiger partial charge in [0.1, 0.15) is 0 Å². The van der Waals surface area contributed by atoms with Gasteiger partial charge in [0.15, 0.2) is 0 Å². The number of esters is 1. The molecule has 0 aliphatic carbocycles. The maximum atomic E-state index is 12.0. The number of nitrogens with two attached hydrogens (primary N) is 1. The average Bonchev–Trinajstić information content (AvgIpc) is 2.75. The first-order chi connectivity index (χ1) is 8.93. The highest BCUT2D eigenvalue weighted by Gasteiger charge is 2.36. The molecule has 1 aliphatic rings. The van der Waals surface area contributed by atoms with Gasteiger partial charge in [-0.3, -0.25) is 9.59 Å². The molecular weight excluding hydrogens is 268 g/mol. The molecule has 1 aromatic carbocycles. The fourth-order valence-corrected chi connectivity index (χ4v) is 2.35. The van der Waals surface area contributed by atoms with Gasteiger partial charge in [-0.1, -0.05) is 11.6 Å². The summed E-state index contributed by atoms with van der Waals surface area (Å²) in [4.78, 5) is 24.9. The van der Waals surface area contributed by atoms with Gasteiger partial charge in [-0.2, -0.15) is 0 Å². The van der Waals surface area contributed by atoms with Crippen LogP contribution in [-0.4, -0.2) is 25.5 Å². The molecule has 2 rings (SSSR count). The van der Waals surface area contributed by atoms with Crippen LogP contribution in [0.1, 0.15) is 12.0 Å². The van der Waals surface area contributed by atoms with Gasteiger partial charge in [-0.25, -0.2) is 0 Å². The van der Waals surface area contributed by atoms with Gasteiger partial charge in [0.2, 0.25) is 5.91 Å². The third-order valence-electron chi connectivity index (χ3n) is 3.26. The number of nitrogen functional groups attached to an aromatic ring is 1. The van der Waals surface area contributed by atoms with Gasteiger partial charge in [0.05, 0.1) is 24.4 Å². The van der Waals surface area contributed by atoms with Crippen LogP contribution in [-0.2, 0) is 14.3 Å². The van der Waals surface area contributed by atoms with E-state index < -0.39 is 5.92 Å². The molecule has 0 aromatic heterocycles. The maximum absolute atomic E-state index is 12.0. The number of ether oxygens (including phenoxy) is 1. The Hall–Kier alpha value is -1.75. The predicted octanol–water partition coefficient (Wildman–Crippen LogP) is 1.76. The van der Waals surface area contributed by atoms with E-state index in [0.717, 1.165) is 5.56 Å². The Kier molecular flexibility index (Phi) is 3.66. The SMILES string of the molecule is COC(=O)C1CC(=O)N(c2cc(Cl)c(C)cc2N)C1. The van der Waals surface area contributed by atoms with Gasteiger partial charge in [-0.15, -0.1) is 0 Å². The zero-order valence-electron chi connectivity index (χ0n) is 10.8. The number of halogens is 1. The second kappa shape index (κ2) is 5.09. The monoisotopic (exact) mass is 282 g/mol. The van der Waals surface area contributed by atoms with Crippen molar-refractivity contribution in [2.45, 2.75) is 13.3 Å². The molecule has 1 fully saturated rings. The number of hydrogen-bond acceptors (Lipinski definition) is 4. The standard InChI is InChI=1S/C13H15ClN2O3/c1-7-3-10(15)11(5-9(7)14)16-6-8(4-12(16)17)13(18)19-2/h3,5,8H,4,6,15H2,1-2H3. The van der Waals surface area contributed by atoms with E-state index in [-0.39, 0.29) is 24.8 Å². The molecule has 0 saturated carbocycles. The summed E-state index contributed by atoms with van der Waals surface area (Å²) in [5.74, 6) is -0.980. The summed E-state index contributed by atoms with van der Waals surface area (Å²) in [7, 11) is 1.31. The number of nitrogens with zero attached hydrogens (tertiary/aromatic N) is 1. The van der Waals surface area contributed by atoms with Crippen molar-refractivity contribution in [2.75, 3.05) is 24.3 Å². The van der Waals surface area contributed by atoms with Crippen LogP contribution >= 0.6 is 11.6 Å². The summed E-state index contributed by atoms with van der Waals surface area (Å²) in [6.45, 7) is 2.11. The number of hydrogen-bond donors (Lipinski definition) is 1. The molecule has 1 aromatic rings. The maximum Gasteiger partial charge on any atom is 0.311 e. The highest BCUT2D eigenvalue weighted by atomic mass is 35.5. The number of carbonyl (C=O) groups excluding carboxylic acids is 2. The topological polar surface area (TPSA) is 72.6 Å². The molecule has 0 spiro atoms. The Balaban J connectivity index is 2.30. The Labute approximate surface area is 116 Å². The number of rotatable bonds is 2. The van der Waals surface area contributed by atoms with E-state index >= 15 is 0 Å². The van der Waals surface area contributed by atoms with Crippen molar-refractivity contribution < 1.29 is 14.3 Å². The summed E-state index contributed by atoms with van der Waals surface area (Å²) in [6.07, 6.45) is 0.137. The molecule has 2 N–H and O–H groups in total. The Morgan fingerprint density at radius 3 is 2.84 bits per heavy atom. The smallest absolute Gasteiger partial charge is 0.311 e. The number of methoxy groups -OCH3 is 1. The molecule has 6 heteroatoms. The second-order valence-corrected chi connectivity index (χ2v) is 5.00. The lowest BCUT2D eigenvalue weighted by Crippen LogP contribution is -2.27. The molecular formula is C13H15ClN2O3. The Bertz CT molecular complexity index is 545. The molecule has 1 saturated heterocycles. The summed E-state index contributed by atoms with van der Waals surface area (Å²) >= 11 is 6.05. The highest BCUT2D eigenvalue weighted by molar-refractivity contribution is 6.32. The van der Waals surface area contributed by atoms with Gasteiger partial charge < -0.3 is 15.4 Å². The van der Waals surface area contributed by atoms with Crippen LogP contribution in [0, 0.1) is 12.8 Å². The molecule has 5 nitrogen and oxygen atoms in total. The van der Waals surface area contributed by atoms with Gasteiger partial charge in [0.25, 0.3) is 0 Å². The quantitative estimate of drug-likeness (QED) is 0.663. The highest BCUT2D eigenvalue weighted by Crippen LogP contribution is 2.34. The third-order valence-corrected chi connectivity index (χ3v) is 3.67. The van der Waals surface area contributed by atoms with E-state index in [0.29, 0.717) is 16.4 Å². The number of amides is 1. The van der Waals surface area contributed by atoms with E-state index in [4.69, 9.17) is 17.3 Å². The van der Waals surface area contributed by atoms with Crippen molar-refractivity contribution >= 4 is 34.9 Å². The number of benzene rings is 1. The van der Waals surface area contributed by atoms with E-state index in [1.54, 1.807) is 12.1 Å². The molecule has 0 bridgehead atoms. The van der Waals surface area contributed by atoms with E-state index in [9.17, 15) is 9.59 Å². The summed E-state index contributed by atoms with van der Waals surface area (Å²) in [5.41, 5.74) is 7.79. The first-order valence-corrected chi connectivity index (χ1v) is 6.25. The second-order valence-electron chi connectivity index (χ2n) is 4.59. The largest absolute Gasteiger partial charge is 0.469 e.